The van der Waals surface area contributed by atoms with Gasteiger partial charge in [-0.1, -0.05) is 30.3 Å². The minimum Gasteiger partial charge on any atom is -0.481 e. The summed E-state index contributed by atoms with van der Waals surface area (Å²) >= 11 is 5.53. The van der Waals surface area contributed by atoms with Gasteiger partial charge in [0.25, 0.3) is 5.91 Å². The van der Waals surface area contributed by atoms with Crippen LogP contribution in [0.3, 0.4) is 0 Å². The third kappa shape index (κ3) is 6.28. The molecule has 2 amide bonds. The van der Waals surface area contributed by atoms with Crippen molar-refractivity contribution in [3.05, 3.63) is 48.2 Å². The number of aliphatic carboxylic acids is 2. The quantitative estimate of drug-likeness (QED) is 0.454. The topological polar surface area (TPSA) is 146 Å². The number of halogens is 1. The van der Waals surface area contributed by atoms with Gasteiger partial charge in [-0.25, -0.2) is 9.78 Å². The highest BCUT2D eigenvalue weighted by Gasteiger charge is 2.23. The van der Waals surface area contributed by atoms with Crippen LogP contribution in [0.5, 0.6) is 0 Å². The molecule has 1 aromatic carbocycles. The molecule has 0 radical (unpaired) electrons. The standard InChI is InChI=1S/C19H18ClN3O6/c20-10-15(24)21-12-6-7-13(22-17(12)11-4-2-1-3-5-11)18(27)23-14(19(28)29)8-9-16(25)26/h1-7,14H,8-10H2,(H,21,24)(H,23,27)(H,25,26)(H,28,29). The van der Waals surface area contributed by atoms with Crippen molar-refractivity contribution in [1.29, 1.82) is 0 Å². The molecule has 9 nitrogen and oxygen atoms in total. The maximum Gasteiger partial charge on any atom is 0.326 e. The van der Waals surface area contributed by atoms with Crippen LogP contribution in [-0.4, -0.2) is 50.9 Å². The number of carboxylic acid groups (broad SMARTS) is 2. The number of aromatic nitrogens is 1. The molecule has 0 saturated heterocycles. The Hall–Kier alpha value is -3.46. The Morgan fingerprint density at radius 3 is 2.31 bits per heavy atom. The third-order valence-corrected chi connectivity index (χ3v) is 4.06. The van der Waals surface area contributed by atoms with E-state index in [0.717, 1.165) is 0 Å². The Morgan fingerprint density at radius 1 is 1.03 bits per heavy atom. The lowest BCUT2D eigenvalue weighted by molar-refractivity contribution is -0.140. The lowest BCUT2D eigenvalue weighted by Gasteiger charge is -2.15. The molecule has 2 aromatic rings. The van der Waals surface area contributed by atoms with E-state index in [0.29, 0.717) is 16.9 Å². The second kappa shape index (κ2) is 10.2. The molecule has 2 rings (SSSR count). The maximum absolute atomic E-state index is 12.5. The molecule has 0 bridgehead atoms. The van der Waals surface area contributed by atoms with E-state index in [1.54, 1.807) is 30.3 Å². The fourth-order valence-corrected chi connectivity index (χ4v) is 2.51. The largest absolute Gasteiger partial charge is 0.481 e. The Kier molecular flexibility index (Phi) is 7.67. The van der Waals surface area contributed by atoms with E-state index < -0.39 is 36.2 Å². The van der Waals surface area contributed by atoms with Gasteiger partial charge in [-0.05, 0) is 18.6 Å². The van der Waals surface area contributed by atoms with Gasteiger partial charge in [-0.15, -0.1) is 11.6 Å². The van der Waals surface area contributed by atoms with Crippen LogP contribution >= 0.6 is 11.6 Å². The second-order valence-electron chi connectivity index (χ2n) is 5.94. The van der Waals surface area contributed by atoms with Crippen molar-refractivity contribution in [2.24, 2.45) is 0 Å². The highest BCUT2D eigenvalue weighted by atomic mass is 35.5. The van der Waals surface area contributed by atoms with E-state index in [-0.39, 0.29) is 18.0 Å². The van der Waals surface area contributed by atoms with Crippen LogP contribution in [-0.2, 0) is 14.4 Å². The molecule has 0 saturated carbocycles. The number of pyridine rings is 1. The predicted octanol–water partition coefficient (Wildman–Crippen LogP) is 1.97. The van der Waals surface area contributed by atoms with Gasteiger partial charge in [0.05, 0.1) is 11.4 Å². The van der Waals surface area contributed by atoms with E-state index in [9.17, 15) is 24.3 Å². The van der Waals surface area contributed by atoms with Gasteiger partial charge >= 0.3 is 11.9 Å². The summed E-state index contributed by atoms with van der Waals surface area (Å²) < 4.78 is 0. The SMILES string of the molecule is O=C(O)CCC(NC(=O)c1ccc(NC(=O)CCl)c(-c2ccccc2)n1)C(=O)O. The number of nitrogens with zero attached hydrogens (tertiary/aromatic N) is 1. The van der Waals surface area contributed by atoms with Crippen LogP contribution in [0.15, 0.2) is 42.5 Å². The van der Waals surface area contributed by atoms with Gasteiger partial charge in [0, 0.05) is 12.0 Å². The number of nitrogens with one attached hydrogen (secondary N) is 2. The Morgan fingerprint density at radius 2 is 1.72 bits per heavy atom. The summed E-state index contributed by atoms with van der Waals surface area (Å²) in [6, 6.07) is 10.2. The number of carboxylic acids is 2. The van der Waals surface area contributed by atoms with Crippen molar-refractivity contribution in [3.8, 4) is 11.3 Å². The number of anilines is 1. The van der Waals surface area contributed by atoms with E-state index in [2.05, 4.69) is 15.6 Å². The Labute approximate surface area is 170 Å². The van der Waals surface area contributed by atoms with Gasteiger partial charge in [0.1, 0.15) is 17.6 Å². The van der Waals surface area contributed by atoms with Crippen LogP contribution in [0, 0.1) is 0 Å². The molecular weight excluding hydrogens is 402 g/mol. The van der Waals surface area contributed by atoms with Crippen molar-refractivity contribution in [1.82, 2.24) is 10.3 Å². The molecule has 1 aromatic heterocycles. The van der Waals surface area contributed by atoms with Crippen molar-refractivity contribution in [2.75, 3.05) is 11.2 Å². The van der Waals surface area contributed by atoms with E-state index in [4.69, 9.17) is 16.7 Å². The average molecular weight is 420 g/mol. The number of benzene rings is 1. The van der Waals surface area contributed by atoms with Crippen molar-refractivity contribution in [2.45, 2.75) is 18.9 Å². The highest BCUT2D eigenvalue weighted by Crippen LogP contribution is 2.26. The van der Waals surface area contributed by atoms with E-state index in [1.807, 2.05) is 0 Å². The molecule has 1 unspecified atom stereocenters. The molecule has 1 heterocycles. The fourth-order valence-electron chi connectivity index (χ4n) is 2.44. The number of hydrogen-bond acceptors (Lipinski definition) is 5. The number of rotatable bonds is 9. The summed E-state index contributed by atoms with van der Waals surface area (Å²) in [6.07, 6.45) is -0.685. The average Bonchev–Trinajstić information content (AvgIpc) is 2.71. The number of hydrogen-bond donors (Lipinski definition) is 4. The zero-order valence-corrected chi connectivity index (χ0v) is 15.8. The monoisotopic (exact) mass is 419 g/mol. The number of alkyl halides is 1. The van der Waals surface area contributed by atoms with Crippen LogP contribution in [0.4, 0.5) is 5.69 Å². The lowest BCUT2D eigenvalue weighted by atomic mass is 10.1. The second-order valence-corrected chi connectivity index (χ2v) is 6.20. The fraction of sp³-hybridized carbons (Fsp3) is 0.211. The zero-order valence-electron chi connectivity index (χ0n) is 15.1. The van der Waals surface area contributed by atoms with Gasteiger partial charge in [0.2, 0.25) is 5.91 Å². The number of amides is 2. The van der Waals surface area contributed by atoms with E-state index in [1.165, 1.54) is 12.1 Å². The maximum atomic E-state index is 12.5. The van der Waals surface area contributed by atoms with Gasteiger partial charge < -0.3 is 20.8 Å². The molecule has 29 heavy (non-hydrogen) atoms. The Balaban J connectivity index is 2.32. The van der Waals surface area contributed by atoms with Crippen molar-refractivity contribution >= 4 is 41.0 Å². The summed E-state index contributed by atoms with van der Waals surface area (Å²) in [5.41, 5.74) is 1.16. The van der Waals surface area contributed by atoms with Crippen LogP contribution in [0.25, 0.3) is 11.3 Å². The minimum absolute atomic E-state index is 0.0886. The summed E-state index contributed by atoms with van der Waals surface area (Å²) in [7, 11) is 0. The molecule has 4 N–H and O–H groups in total. The van der Waals surface area contributed by atoms with Crippen molar-refractivity contribution < 1.29 is 29.4 Å². The first kappa shape index (κ1) is 21.8. The van der Waals surface area contributed by atoms with Crippen LogP contribution in [0.1, 0.15) is 23.3 Å². The van der Waals surface area contributed by atoms with Crippen LogP contribution in [0.2, 0.25) is 0 Å². The molecule has 0 aliphatic rings. The molecule has 0 aliphatic heterocycles. The Bertz CT molecular complexity index is 919. The third-order valence-electron chi connectivity index (χ3n) is 3.82. The van der Waals surface area contributed by atoms with Gasteiger partial charge in [0.15, 0.2) is 0 Å². The molecule has 152 valence electrons. The lowest BCUT2D eigenvalue weighted by Crippen LogP contribution is -2.41. The smallest absolute Gasteiger partial charge is 0.326 e. The predicted molar refractivity (Wildman–Crippen MR) is 105 cm³/mol. The van der Waals surface area contributed by atoms with E-state index >= 15 is 0 Å². The summed E-state index contributed by atoms with van der Waals surface area (Å²) in [5.74, 6) is -4.03. The van der Waals surface area contributed by atoms with Gasteiger partial charge in [-0.3, -0.25) is 14.4 Å². The first-order chi connectivity index (χ1) is 13.8. The molecule has 10 heteroatoms. The molecule has 0 spiro atoms. The van der Waals surface area contributed by atoms with Crippen LogP contribution < -0.4 is 10.6 Å². The van der Waals surface area contributed by atoms with Crippen molar-refractivity contribution in [3.63, 3.8) is 0 Å². The molecule has 0 fully saturated rings. The number of carbonyl (C=O) groups is 4. The highest BCUT2D eigenvalue weighted by molar-refractivity contribution is 6.29. The normalized spacial score (nSPS) is 11.3. The zero-order chi connectivity index (χ0) is 21.4. The molecule has 0 aliphatic carbocycles. The molecule has 1 atom stereocenters. The van der Waals surface area contributed by atoms with Gasteiger partial charge in [-0.2, -0.15) is 0 Å². The molecular formula is C19H18ClN3O6. The summed E-state index contributed by atoms with van der Waals surface area (Å²) in [5, 5.41) is 22.8. The first-order valence-electron chi connectivity index (χ1n) is 8.49. The number of carbonyl (C=O) groups excluding carboxylic acids is 2. The minimum atomic E-state index is -1.38. The first-order valence-corrected chi connectivity index (χ1v) is 9.03. The summed E-state index contributed by atoms with van der Waals surface area (Å²) in [6.45, 7) is 0. The summed E-state index contributed by atoms with van der Waals surface area (Å²) in [4.78, 5) is 50.4.